The molecule has 2 nitrogen and oxygen atoms in total. The van der Waals surface area contributed by atoms with Crippen molar-refractivity contribution in [3.63, 3.8) is 0 Å². The van der Waals surface area contributed by atoms with Crippen LogP contribution in [-0.4, -0.2) is 12.7 Å². The van der Waals surface area contributed by atoms with E-state index in [-0.39, 0.29) is 18.3 Å². The average Bonchev–Trinajstić information content (AvgIpc) is 2.41. The summed E-state index contributed by atoms with van der Waals surface area (Å²) in [6.45, 7) is 2.48. The Kier molecular flexibility index (Phi) is 4.88. The number of ether oxygens (including phenoxy) is 1. The summed E-state index contributed by atoms with van der Waals surface area (Å²) in [7, 11) is 0. The van der Waals surface area contributed by atoms with E-state index >= 15 is 0 Å². The van der Waals surface area contributed by atoms with E-state index in [0.29, 0.717) is 0 Å². The van der Waals surface area contributed by atoms with Gasteiger partial charge in [-0.3, -0.25) is 0 Å². The molecule has 106 valence electrons. The van der Waals surface area contributed by atoms with Crippen molar-refractivity contribution in [3.8, 4) is 0 Å². The lowest BCUT2D eigenvalue weighted by molar-refractivity contribution is 0.0121. The topological polar surface area (TPSA) is 35.2 Å². The van der Waals surface area contributed by atoms with Crippen molar-refractivity contribution < 1.29 is 13.5 Å². The zero-order chi connectivity index (χ0) is 13.8. The quantitative estimate of drug-likeness (QED) is 0.907. The monoisotopic (exact) mass is 269 g/mol. The molecule has 1 aromatic carbocycles. The minimum absolute atomic E-state index is 0.184. The second-order valence-electron chi connectivity index (χ2n) is 5.46. The minimum Gasteiger partial charge on any atom is -0.376 e. The molecule has 0 saturated heterocycles. The molecule has 1 atom stereocenters. The highest BCUT2D eigenvalue weighted by molar-refractivity contribution is 5.22. The Bertz CT molecular complexity index is 417. The molecule has 0 heterocycles. The Morgan fingerprint density at radius 3 is 2.63 bits per heavy atom. The van der Waals surface area contributed by atoms with Gasteiger partial charge in [-0.05, 0) is 37.7 Å². The van der Waals surface area contributed by atoms with Crippen molar-refractivity contribution in [3.05, 3.63) is 35.4 Å². The van der Waals surface area contributed by atoms with E-state index in [1.165, 1.54) is 12.1 Å². The highest BCUT2D eigenvalue weighted by atomic mass is 19.2. The Morgan fingerprint density at radius 2 is 1.95 bits per heavy atom. The van der Waals surface area contributed by atoms with Gasteiger partial charge in [-0.25, -0.2) is 8.78 Å². The molecule has 0 amide bonds. The van der Waals surface area contributed by atoms with Gasteiger partial charge < -0.3 is 10.5 Å². The zero-order valence-electron chi connectivity index (χ0n) is 11.2. The molecule has 1 aliphatic carbocycles. The van der Waals surface area contributed by atoms with Crippen molar-refractivity contribution in [2.24, 2.45) is 11.7 Å². The smallest absolute Gasteiger partial charge is 0.163 e. The third-order valence-corrected chi connectivity index (χ3v) is 3.86. The lowest BCUT2D eigenvalue weighted by Crippen LogP contribution is -2.26. The van der Waals surface area contributed by atoms with Gasteiger partial charge in [0.25, 0.3) is 0 Å². The molecule has 1 aromatic rings. The van der Waals surface area contributed by atoms with Crippen LogP contribution in [0, 0.1) is 17.6 Å². The third kappa shape index (κ3) is 3.74. The van der Waals surface area contributed by atoms with E-state index in [1.54, 1.807) is 0 Å². The van der Waals surface area contributed by atoms with Crippen LogP contribution >= 0.6 is 0 Å². The molecule has 2 rings (SSSR count). The maximum absolute atomic E-state index is 13.6. The van der Waals surface area contributed by atoms with Crippen molar-refractivity contribution in [1.82, 2.24) is 0 Å². The molecule has 2 N–H and O–H groups in total. The molecule has 1 saturated carbocycles. The van der Waals surface area contributed by atoms with E-state index in [2.05, 4.69) is 6.92 Å². The summed E-state index contributed by atoms with van der Waals surface area (Å²) in [6.07, 6.45) is 4.58. The molecule has 1 unspecified atom stereocenters. The van der Waals surface area contributed by atoms with Gasteiger partial charge in [0.15, 0.2) is 11.6 Å². The number of hydrogen-bond donors (Lipinski definition) is 1. The van der Waals surface area contributed by atoms with Gasteiger partial charge in [-0.1, -0.05) is 19.1 Å². The van der Waals surface area contributed by atoms with Gasteiger partial charge in [0.1, 0.15) is 0 Å². The molecule has 0 bridgehead atoms. The lowest BCUT2D eigenvalue weighted by atomic mass is 9.89. The van der Waals surface area contributed by atoms with E-state index in [0.717, 1.165) is 37.7 Å². The predicted molar refractivity (Wildman–Crippen MR) is 70.7 cm³/mol. The van der Waals surface area contributed by atoms with Gasteiger partial charge in [0.05, 0.1) is 18.8 Å². The molecule has 1 aliphatic rings. The summed E-state index contributed by atoms with van der Waals surface area (Å²) < 4.78 is 32.4. The van der Waals surface area contributed by atoms with Crippen LogP contribution in [0.4, 0.5) is 8.78 Å². The lowest BCUT2D eigenvalue weighted by Gasteiger charge is -2.27. The third-order valence-electron chi connectivity index (χ3n) is 3.86. The van der Waals surface area contributed by atoms with Crippen LogP contribution in [-0.2, 0) is 4.74 Å². The molecule has 1 fully saturated rings. The Morgan fingerprint density at radius 1 is 1.26 bits per heavy atom. The van der Waals surface area contributed by atoms with E-state index in [4.69, 9.17) is 10.5 Å². The standard InChI is InChI=1S/C15H21F2NO/c1-10-5-7-11(8-6-10)19-9-14(18)12-3-2-4-13(16)15(12)17/h2-4,10-11,14H,5-9,18H2,1H3. The zero-order valence-corrected chi connectivity index (χ0v) is 11.2. The molecule has 0 radical (unpaired) electrons. The predicted octanol–water partition coefficient (Wildman–Crippen LogP) is 3.56. The Balaban J connectivity index is 1.87. The fourth-order valence-corrected chi connectivity index (χ4v) is 2.53. The van der Waals surface area contributed by atoms with Crippen molar-refractivity contribution in [1.29, 1.82) is 0 Å². The number of halogens is 2. The summed E-state index contributed by atoms with van der Waals surface area (Å²) in [4.78, 5) is 0. The Hall–Kier alpha value is -1.00. The van der Waals surface area contributed by atoms with Gasteiger partial charge in [0.2, 0.25) is 0 Å². The first-order chi connectivity index (χ1) is 9.08. The van der Waals surface area contributed by atoms with Crippen LogP contribution in [0.25, 0.3) is 0 Å². The summed E-state index contributed by atoms with van der Waals surface area (Å²) in [5, 5.41) is 0. The van der Waals surface area contributed by atoms with Crippen LogP contribution in [0.1, 0.15) is 44.2 Å². The molecule has 0 spiro atoms. The maximum atomic E-state index is 13.6. The first-order valence-corrected chi connectivity index (χ1v) is 6.89. The van der Waals surface area contributed by atoms with E-state index in [9.17, 15) is 8.78 Å². The van der Waals surface area contributed by atoms with Crippen molar-refractivity contribution >= 4 is 0 Å². The van der Waals surface area contributed by atoms with E-state index < -0.39 is 17.7 Å². The number of rotatable bonds is 4. The summed E-state index contributed by atoms with van der Waals surface area (Å²) in [6, 6.07) is 3.45. The van der Waals surface area contributed by atoms with Gasteiger partial charge in [-0.15, -0.1) is 0 Å². The average molecular weight is 269 g/mol. The minimum atomic E-state index is -0.865. The second-order valence-corrected chi connectivity index (χ2v) is 5.46. The number of nitrogens with two attached hydrogens (primary N) is 1. The van der Waals surface area contributed by atoms with Crippen LogP contribution in [0.2, 0.25) is 0 Å². The molecule has 4 heteroatoms. The second kappa shape index (κ2) is 6.44. The van der Waals surface area contributed by atoms with Gasteiger partial charge >= 0.3 is 0 Å². The highest BCUT2D eigenvalue weighted by Crippen LogP contribution is 2.26. The molecule has 0 aromatic heterocycles. The first-order valence-electron chi connectivity index (χ1n) is 6.89. The summed E-state index contributed by atoms with van der Waals surface area (Å²) >= 11 is 0. The highest BCUT2D eigenvalue weighted by Gasteiger charge is 2.21. The Labute approximate surface area is 112 Å². The van der Waals surface area contributed by atoms with Crippen LogP contribution in [0.5, 0.6) is 0 Å². The molecular weight excluding hydrogens is 248 g/mol. The SMILES string of the molecule is CC1CCC(OCC(N)c2cccc(F)c2F)CC1. The summed E-state index contributed by atoms with van der Waals surface area (Å²) in [5.74, 6) is -0.968. The van der Waals surface area contributed by atoms with Crippen molar-refractivity contribution in [2.75, 3.05) is 6.61 Å². The van der Waals surface area contributed by atoms with Crippen LogP contribution in [0.15, 0.2) is 18.2 Å². The first kappa shape index (κ1) is 14.4. The molecular formula is C15H21F2NO. The maximum Gasteiger partial charge on any atom is 0.163 e. The van der Waals surface area contributed by atoms with Gasteiger partial charge in [-0.2, -0.15) is 0 Å². The number of benzene rings is 1. The largest absolute Gasteiger partial charge is 0.376 e. The molecule has 0 aliphatic heterocycles. The molecule has 19 heavy (non-hydrogen) atoms. The van der Waals surface area contributed by atoms with Crippen LogP contribution < -0.4 is 5.73 Å². The normalized spacial score (nSPS) is 25.3. The van der Waals surface area contributed by atoms with E-state index in [1.807, 2.05) is 0 Å². The summed E-state index contributed by atoms with van der Waals surface area (Å²) in [5.41, 5.74) is 6.06. The van der Waals surface area contributed by atoms with Gasteiger partial charge in [0, 0.05) is 5.56 Å². The van der Waals surface area contributed by atoms with Crippen molar-refractivity contribution in [2.45, 2.75) is 44.8 Å². The number of hydrogen-bond acceptors (Lipinski definition) is 2. The fourth-order valence-electron chi connectivity index (χ4n) is 2.53. The van der Waals surface area contributed by atoms with Crippen LogP contribution in [0.3, 0.4) is 0 Å². The fraction of sp³-hybridized carbons (Fsp3) is 0.600.